The first-order chi connectivity index (χ1) is 6.29. The first-order valence-corrected chi connectivity index (χ1v) is 4.44. The molecule has 0 spiro atoms. The maximum atomic E-state index is 12.1. The second kappa shape index (κ2) is 10.6. The molecule has 80 valence electrons. The summed E-state index contributed by atoms with van der Waals surface area (Å²) < 4.78 is 17.0. The van der Waals surface area contributed by atoms with Crippen molar-refractivity contribution < 1.29 is 45.6 Å². The Morgan fingerprint density at radius 3 is 1.80 bits per heavy atom. The molecule has 1 heterocycles. The van der Waals surface area contributed by atoms with Crippen molar-refractivity contribution in [2.75, 3.05) is 13.2 Å². The predicted molar refractivity (Wildman–Crippen MR) is 50.9 cm³/mol. The van der Waals surface area contributed by atoms with E-state index in [0.717, 1.165) is 18.8 Å². The number of halogens is 2. The van der Waals surface area contributed by atoms with Crippen LogP contribution in [0.25, 0.3) is 0 Å². The molecule has 0 aromatic heterocycles. The maximum Gasteiger partial charge on any atom is 2.00 e. The van der Waals surface area contributed by atoms with Crippen LogP contribution in [0.2, 0.25) is 0 Å². The number of ether oxygens (including phenoxy) is 1. The molecule has 4 heteroatoms. The molecule has 1 aliphatic heterocycles. The molecule has 0 bridgehead atoms. The molecule has 1 aromatic rings. The van der Waals surface area contributed by atoms with Crippen LogP contribution >= 0.6 is 0 Å². The normalized spacial score (nSPS) is 12.9. The molecule has 1 nitrogen and oxygen atoms in total. The van der Waals surface area contributed by atoms with Gasteiger partial charge in [-0.25, -0.2) is 4.39 Å². The van der Waals surface area contributed by atoms with Crippen LogP contribution in [-0.4, -0.2) is 13.2 Å². The van der Waals surface area contributed by atoms with Crippen LogP contribution in [0.4, 0.5) is 4.39 Å². The second-order valence-electron chi connectivity index (χ2n) is 2.95. The molecule has 15 heavy (non-hydrogen) atoms. The molecule has 1 fully saturated rings. The number of hydrogen-bond acceptors (Lipinski definition) is 1. The Balaban J connectivity index is 0. The van der Waals surface area contributed by atoms with Gasteiger partial charge in [-0.05, 0) is 12.8 Å². The minimum absolute atomic E-state index is 0. The van der Waals surface area contributed by atoms with Crippen molar-refractivity contribution in [1.82, 2.24) is 0 Å². The average molecular weight is 327 g/mol. The van der Waals surface area contributed by atoms with Crippen LogP contribution in [-0.2, 0) is 24.2 Å². The number of benzene rings is 1. The van der Waals surface area contributed by atoms with Crippen LogP contribution in [0.15, 0.2) is 24.3 Å². The smallest absolute Gasteiger partial charge is 1.00 e. The van der Waals surface area contributed by atoms with Crippen LogP contribution in [0.1, 0.15) is 18.4 Å². The summed E-state index contributed by atoms with van der Waals surface area (Å²) in [6.07, 6.45) is 2.56. The fourth-order valence-electron chi connectivity index (χ4n) is 0.995. The number of hydrogen-bond donors (Lipinski definition) is 0. The van der Waals surface area contributed by atoms with E-state index in [1.54, 1.807) is 12.1 Å². The standard InChI is InChI=1S/C7H6F.C4H8O.BrH.Zn/c1-6-2-4-7(8)5-3-6;1-2-4-5-3-1;;/h2-5H,1H2;1-4H2;1H;/q-1;;;+2/p-1. The molecule has 0 unspecified atom stereocenters. The van der Waals surface area contributed by atoms with Gasteiger partial charge in [0, 0.05) is 13.2 Å². The molecule has 1 aliphatic rings. The first kappa shape index (κ1) is 17.5. The summed E-state index contributed by atoms with van der Waals surface area (Å²) in [5, 5.41) is 0. The Hall–Kier alpha value is 0.0834. The van der Waals surface area contributed by atoms with Gasteiger partial charge in [-0.2, -0.15) is 24.6 Å². The molecule has 0 atom stereocenters. The van der Waals surface area contributed by atoms with Crippen molar-refractivity contribution in [3.8, 4) is 0 Å². The predicted octanol–water partition coefficient (Wildman–Crippen LogP) is -0.194. The summed E-state index contributed by atoms with van der Waals surface area (Å²) in [7, 11) is 0. The van der Waals surface area contributed by atoms with Crippen LogP contribution in [0.3, 0.4) is 0 Å². The molecule has 1 aromatic carbocycles. The van der Waals surface area contributed by atoms with Gasteiger partial charge in [-0.15, -0.1) is 0 Å². The first-order valence-electron chi connectivity index (χ1n) is 4.44. The third-order valence-electron chi connectivity index (χ3n) is 1.74. The Bertz CT molecular complexity index is 208. The second-order valence-corrected chi connectivity index (χ2v) is 2.95. The summed E-state index contributed by atoms with van der Waals surface area (Å²) in [5.41, 5.74) is 0.839. The quantitative estimate of drug-likeness (QED) is 0.474. The van der Waals surface area contributed by atoms with Crippen molar-refractivity contribution in [2.24, 2.45) is 0 Å². The van der Waals surface area contributed by atoms with E-state index in [-0.39, 0.29) is 42.3 Å². The summed E-state index contributed by atoms with van der Waals surface area (Å²) in [6, 6.07) is 6.05. The summed E-state index contributed by atoms with van der Waals surface area (Å²) >= 11 is 0. The molecule has 0 aliphatic carbocycles. The topological polar surface area (TPSA) is 9.23 Å². The zero-order valence-corrected chi connectivity index (χ0v) is 13.3. The van der Waals surface area contributed by atoms with Gasteiger partial charge in [-0.1, -0.05) is 12.1 Å². The maximum absolute atomic E-state index is 12.1. The summed E-state index contributed by atoms with van der Waals surface area (Å²) in [6.45, 7) is 5.60. The minimum atomic E-state index is -0.211. The fourth-order valence-corrected chi connectivity index (χ4v) is 0.995. The largest absolute Gasteiger partial charge is 2.00 e. The zero-order chi connectivity index (χ0) is 9.52. The van der Waals surface area contributed by atoms with Crippen LogP contribution < -0.4 is 17.0 Å². The van der Waals surface area contributed by atoms with Gasteiger partial charge in [0.2, 0.25) is 0 Å². The monoisotopic (exact) mass is 324 g/mol. The summed E-state index contributed by atoms with van der Waals surface area (Å²) in [5.74, 6) is -0.211. The summed E-state index contributed by atoms with van der Waals surface area (Å²) in [4.78, 5) is 0. The molecule has 0 saturated carbocycles. The van der Waals surface area contributed by atoms with E-state index >= 15 is 0 Å². The zero-order valence-electron chi connectivity index (χ0n) is 8.72. The molecular weight excluding hydrogens is 312 g/mol. The molecular formula is C11H14BrFOZn. The molecule has 1 saturated heterocycles. The van der Waals surface area contributed by atoms with Gasteiger partial charge >= 0.3 is 19.5 Å². The Kier molecular flexibility index (Phi) is 12.3. The number of rotatable bonds is 0. The molecule has 0 amide bonds. The van der Waals surface area contributed by atoms with E-state index in [4.69, 9.17) is 4.74 Å². The van der Waals surface area contributed by atoms with Gasteiger partial charge in [0.1, 0.15) is 0 Å². The van der Waals surface area contributed by atoms with E-state index in [9.17, 15) is 4.39 Å². The Labute approximate surface area is 114 Å². The minimum Gasteiger partial charge on any atom is -1.00 e. The SMILES string of the molecule is C1CCOC1.[Br-].[CH2-]c1ccc(F)cc1.[Zn+2]. The van der Waals surface area contributed by atoms with Crippen LogP contribution in [0, 0.1) is 12.7 Å². The van der Waals surface area contributed by atoms with Crippen molar-refractivity contribution in [3.63, 3.8) is 0 Å². The van der Waals surface area contributed by atoms with Gasteiger partial charge in [0.25, 0.3) is 0 Å². The van der Waals surface area contributed by atoms with E-state index in [0.29, 0.717) is 0 Å². The Morgan fingerprint density at radius 2 is 1.53 bits per heavy atom. The van der Waals surface area contributed by atoms with E-state index in [1.807, 2.05) is 0 Å². The molecule has 0 radical (unpaired) electrons. The van der Waals surface area contributed by atoms with Crippen molar-refractivity contribution in [1.29, 1.82) is 0 Å². The van der Waals surface area contributed by atoms with E-state index in [1.165, 1.54) is 25.0 Å². The van der Waals surface area contributed by atoms with Crippen LogP contribution in [0.5, 0.6) is 0 Å². The van der Waals surface area contributed by atoms with Crippen molar-refractivity contribution in [3.05, 3.63) is 42.6 Å². The van der Waals surface area contributed by atoms with E-state index < -0.39 is 0 Å². The molecule has 0 N–H and O–H groups in total. The average Bonchev–Trinajstić information content (AvgIpc) is 2.68. The van der Waals surface area contributed by atoms with Gasteiger partial charge in [0.15, 0.2) is 0 Å². The van der Waals surface area contributed by atoms with Gasteiger partial charge < -0.3 is 21.7 Å². The van der Waals surface area contributed by atoms with E-state index in [2.05, 4.69) is 6.92 Å². The molecule has 2 rings (SSSR count). The van der Waals surface area contributed by atoms with Gasteiger partial charge in [0.05, 0.1) is 5.82 Å². The fraction of sp³-hybridized carbons (Fsp3) is 0.364. The van der Waals surface area contributed by atoms with Crippen molar-refractivity contribution >= 4 is 0 Å². The van der Waals surface area contributed by atoms with Gasteiger partial charge in [-0.3, -0.25) is 0 Å². The third-order valence-corrected chi connectivity index (χ3v) is 1.74. The Morgan fingerprint density at radius 1 is 1.07 bits per heavy atom. The van der Waals surface area contributed by atoms with Crippen molar-refractivity contribution in [2.45, 2.75) is 12.8 Å². The third kappa shape index (κ3) is 9.04.